The van der Waals surface area contributed by atoms with Crippen molar-refractivity contribution in [2.45, 2.75) is 19.8 Å². The standard InChI is InChI=1S/C25H21ClN2O4/c1-2-3-14-31-25(30)18-6-4-17(5-7-18)23-13-12-22(32-23)15-19(16-27)24(29)28-21-10-8-20(26)9-11-21/h4-13,15H,2-3,14H2,1H3,(H,28,29)/b19-15+. The van der Waals surface area contributed by atoms with Crippen LogP contribution in [0.5, 0.6) is 0 Å². The van der Waals surface area contributed by atoms with Crippen LogP contribution in [0.3, 0.4) is 0 Å². The van der Waals surface area contributed by atoms with Gasteiger partial charge in [0.15, 0.2) is 0 Å². The van der Waals surface area contributed by atoms with Crippen molar-refractivity contribution in [1.82, 2.24) is 0 Å². The Morgan fingerprint density at radius 3 is 2.47 bits per heavy atom. The topological polar surface area (TPSA) is 92.3 Å². The van der Waals surface area contributed by atoms with E-state index in [1.807, 2.05) is 13.0 Å². The van der Waals surface area contributed by atoms with Crippen LogP contribution < -0.4 is 5.32 Å². The number of nitriles is 1. The zero-order valence-electron chi connectivity index (χ0n) is 17.4. The highest BCUT2D eigenvalue weighted by Crippen LogP contribution is 2.24. The van der Waals surface area contributed by atoms with Gasteiger partial charge in [-0.3, -0.25) is 4.79 Å². The van der Waals surface area contributed by atoms with E-state index in [0.717, 1.165) is 18.4 Å². The number of unbranched alkanes of at least 4 members (excludes halogenated alkanes) is 1. The Labute approximate surface area is 191 Å². The van der Waals surface area contributed by atoms with E-state index >= 15 is 0 Å². The van der Waals surface area contributed by atoms with Crippen molar-refractivity contribution in [2.75, 3.05) is 11.9 Å². The van der Waals surface area contributed by atoms with Gasteiger partial charge in [-0.25, -0.2) is 4.79 Å². The lowest BCUT2D eigenvalue weighted by Gasteiger charge is -2.04. The number of esters is 1. The lowest BCUT2D eigenvalue weighted by atomic mass is 10.1. The summed E-state index contributed by atoms with van der Waals surface area (Å²) in [5, 5.41) is 12.6. The minimum Gasteiger partial charge on any atom is -0.462 e. The van der Waals surface area contributed by atoms with Crippen molar-refractivity contribution in [3.63, 3.8) is 0 Å². The van der Waals surface area contributed by atoms with Gasteiger partial charge in [0.1, 0.15) is 23.2 Å². The van der Waals surface area contributed by atoms with E-state index < -0.39 is 5.91 Å². The second kappa shape index (κ2) is 11.0. The maximum atomic E-state index is 12.4. The van der Waals surface area contributed by atoms with Crippen LogP contribution >= 0.6 is 11.6 Å². The first-order valence-corrected chi connectivity index (χ1v) is 10.4. The maximum absolute atomic E-state index is 12.4. The number of anilines is 1. The quantitative estimate of drug-likeness (QED) is 0.194. The van der Waals surface area contributed by atoms with Crippen LogP contribution in [0.2, 0.25) is 5.02 Å². The molecule has 1 amide bonds. The van der Waals surface area contributed by atoms with Gasteiger partial charge in [0, 0.05) is 22.3 Å². The van der Waals surface area contributed by atoms with Crippen molar-refractivity contribution < 1.29 is 18.7 Å². The zero-order valence-corrected chi connectivity index (χ0v) is 18.2. The Kier molecular flexibility index (Phi) is 7.85. The minimum atomic E-state index is -0.557. The van der Waals surface area contributed by atoms with Gasteiger partial charge in [0.05, 0.1) is 12.2 Å². The van der Waals surface area contributed by atoms with E-state index in [1.54, 1.807) is 60.7 Å². The molecule has 0 fully saturated rings. The van der Waals surface area contributed by atoms with Crippen molar-refractivity contribution >= 4 is 35.2 Å². The molecular formula is C25H21ClN2O4. The van der Waals surface area contributed by atoms with Gasteiger partial charge in [-0.05, 0) is 55.0 Å². The van der Waals surface area contributed by atoms with Crippen LogP contribution in [0, 0.1) is 11.3 Å². The van der Waals surface area contributed by atoms with Crippen LogP contribution in [0.4, 0.5) is 5.69 Å². The summed E-state index contributed by atoms with van der Waals surface area (Å²) in [5.41, 5.74) is 1.63. The highest BCUT2D eigenvalue weighted by Gasteiger charge is 2.12. The molecule has 0 saturated heterocycles. The second-order valence-corrected chi connectivity index (χ2v) is 7.34. The summed E-state index contributed by atoms with van der Waals surface area (Å²) in [4.78, 5) is 24.4. The molecule has 0 atom stereocenters. The summed E-state index contributed by atoms with van der Waals surface area (Å²) in [6, 6.07) is 18.7. The number of halogens is 1. The van der Waals surface area contributed by atoms with Crippen LogP contribution in [0.1, 0.15) is 35.9 Å². The molecule has 6 nitrogen and oxygen atoms in total. The maximum Gasteiger partial charge on any atom is 0.338 e. The number of furan rings is 1. The third kappa shape index (κ3) is 6.10. The molecule has 3 aromatic rings. The molecule has 1 heterocycles. The number of hydrogen-bond donors (Lipinski definition) is 1. The van der Waals surface area contributed by atoms with E-state index in [-0.39, 0.29) is 11.5 Å². The fourth-order valence-corrected chi connectivity index (χ4v) is 2.90. The van der Waals surface area contributed by atoms with Gasteiger partial charge >= 0.3 is 5.97 Å². The number of carbonyl (C=O) groups excluding carboxylic acids is 2. The SMILES string of the molecule is CCCCOC(=O)c1ccc(-c2ccc(/C=C(\C#N)C(=O)Nc3ccc(Cl)cc3)o2)cc1. The number of amides is 1. The molecule has 0 bridgehead atoms. The molecule has 2 aromatic carbocycles. The molecule has 0 aliphatic heterocycles. The Hall–Kier alpha value is -3.82. The Morgan fingerprint density at radius 1 is 1.09 bits per heavy atom. The van der Waals surface area contributed by atoms with E-state index in [4.69, 9.17) is 20.8 Å². The molecule has 0 unspecified atom stereocenters. The van der Waals surface area contributed by atoms with Crippen molar-refractivity contribution in [3.8, 4) is 17.4 Å². The van der Waals surface area contributed by atoms with Gasteiger partial charge in [-0.1, -0.05) is 37.1 Å². The Balaban J connectivity index is 1.69. The number of nitrogens with zero attached hydrogens (tertiary/aromatic N) is 1. The molecule has 0 aliphatic rings. The molecule has 32 heavy (non-hydrogen) atoms. The number of benzene rings is 2. The number of nitrogens with one attached hydrogen (secondary N) is 1. The molecule has 0 radical (unpaired) electrons. The average molecular weight is 449 g/mol. The number of carbonyl (C=O) groups is 2. The van der Waals surface area contributed by atoms with Gasteiger partial charge < -0.3 is 14.5 Å². The Morgan fingerprint density at radius 2 is 1.81 bits per heavy atom. The van der Waals surface area contributed by atoms with Crippen molar-refractivity contribution in [2.24, 2.45) is 0 Å². The third-order valence-electron chi connectivity index (χ3n) is 4.52. The lowest BCUT2D eigenvalue weighted by Crippen LogP contribution is -2.13. The van der Waals surface area contributed by atoms with Crippen LogP contribution in [0.15, 0.2) is 70.7 Å². The fourth-order valence-electron chi connectivity index (χ4n) is 2.77. The molecule has 7 heteroatoms. The first-order valence-electron chi connectivity index (χ1n) is 10.1. The number of ether oxygens (including phenoxy) is 1. The van der Waals surface area contributed by atoms with E-state index in [2.05, 4.69) is 5.32 Å². The van der Waals surface area contributed by atoms with Gasteiger partial charge in [-0.2, -0.15) is 5.26 Å². The monoisotopic (exact) mass is 448 g/mol. The molecule has 1 N–H and O–H groups in total. The predicted molar refractivity (Wildman–Crippen MR) is 123 cm³/mol. The van der Waals surface area contributed by atoms with E-state index in [0.29, 0.717) is 34.4 Å². The minimum absolute atomic E-state index is 0.106. The molecule has 162 valence electrons. The first-order chi connectivity index (χ1) is 15.5. The Bertz CT molecular complexity index is 1160. The summed E-state index contributed by atoms with van der Waals surface area (Å²) in [7, 11) is 0. The lowest BCUT2D eigenvalue weighted by molar-refractivity contribution is -0.112. The third-order valence-corrected chi connectivity index (χ3v) is 4.77. The summed E-state index contributed by atoms with van der Waals surface area (Å²) < 4.78 is 11.0. The van der Waals surface area contributed by atoms with Gasteiger partial charge in [0.25, 0.3) is 5.91 Å². The summed E-state index contributed by atoms with van der Waals surface area (Å²) in [6.07, 6.45) is 3.15. The van der Waals surface area contributed by atoms with Gasteiger partial charge in [0.2, 0.25) is 0 Å². The summed E-state index contributed by atoms with van der Waals surface area (Å²) in [5.74, 6) is -0.0273. The summed E-state index contributed by atoms with van der Waals surface area (Å²) in [6.45, 7) is 2.43. The van der Waals surface area contributed by atoms with Crippen molar-refractivity contribution in [3.05, 3.63) is 82.6 Å². The predicted octanol–water partition coefficient (Wildman–Crippen LogP) is 6.10. The van der Waals surface area contributed by atoms with Crippen LogP contribution in [0.25, 0.3) is 17.4 Å². The largest absolute Gasteiger partial charge is 0.462 e. The molecule has 0 aliphatic carbocycles. The zero-order chi connectivity index (χ0) is 22.9. The first kappa shape index (κ1) is 22.9. The molecule has 0 spiro atoms. The smallest absolute Gasteiger partial charge is 0.338 e. The molecule has 3 rings (SSSR count). The normalized spacial score (nSPS) is 11.0. The molecule has 1 aromatic heterocycles. The number of rotatable bonds is 8. The van der Waals surface area contributed by atoms with Crippen LogP contribution in [-0.2, 0) is 9.53 Å². The van der Waals surface area contributed by atoms with E-state index in [9.17, 15) is 14.9 Å². The fraction of sp³-hybridized carbons (Fsp3) is 0.160. The summed E-state index contributed by atoms with van der Waals surface area (Å²) >= 11 is 5.84. The van der Waals surface area contributed by atoms with Gasteiger partial charge in [-0.15, -0.1) is 0 Å². The van der Waals surface area contributed by atoms with Crippen LogP contribution in [-0.4, -0.2) is 18.5 Å². The molecular weight excluding hydrogens is 428 g/mol. The second-order valence-electron chi connectivity index (χ2n) is 6.90. The van der Waals surface area contributed by atoms with E-state index in [1.165, 1.54) is 6.08 Å². The number of hydrogen-bond acceptors (Lipinski definition) is 5. The van der Waals surface area contributed by atoms with Crippen molar-refractivity contribution in [1.29, 1.82) is 5.26 Å². The molecule has 0 saturated carbocycles. The average Bonchev–Trinajstić information content (AvgIpc) is 3.28. The highest BCUT2D eigenvalue weighted by atomic mass is 35.5. The highest BCUT2D eigenvalue weighted by molar-refractivity contribution is 6.30.